The summed E-state index contributed by atoms with van der Waals surface area (Å²) in [5.74, 6) is 1.51. The van der Waals surface area contributed by atoms with Gasteiger partial charge in [0.05, 0.1) is 13.2 Å². The number of rotatable bonds is 7. The van der Waals surface area contributed by atoms with E-state index in [9.17, 15) is 0 Å². The summed E-state index contributed by atoms with van der Waals surface area (Å²) in [6.45, 7) is 8.90. The van der Waals surface area contributed by atoms with E-state index in [4.69, 9.17) is 21.1 Å². The second kappa shape index (κ2) is 7.29. The Morgan fingerprint density at radius 3 is 2.67 bits per heavy atom. The fraction of sp³-hybridized carbons (Fsp3) is 0.429. The van der Waals surface area contributed by atoms with Crippen molar-refractivity contribution in [2.45, 2.75) is 26.5 Å². The molecule has 0 fully saturated rings. The summed E-state index contributed by atoms with van der Waals surface area (Å²) in [5.41, 5.74) is 1.11. The summed E-state index contributed by atoms with van der Waals surface area (Å²) in [6.07, 6.45) is 0.127. The Balaban J connectivity index is 2.69. The molecule has 0 heterocycles. The maximum atomic E-state index is 5.68. The number of halogens is 1. The Morgan fingerprint density at radius 2 is 2.11 bits per heavy atom. The van der Waals surface area contributed by atoms with Crippen LogP contribution in [0.2, 0.25) is 0 Å². The summed E-state index contributed by atoms with van der Waals surface area (Å²) in [6, 6.07) is 5.89. The van der Waals surface area contributed by atoms with Crippen molar-refractivity contribution >= 4 is 11.6 Å². The number of hydrogen-bond acceptors (Lipinski definition) is 3. The third-order valence-corrected chi connectivity index (χ3v) is 2.37. The molecule has 0 bridgehead atoms. The monoisotopic (exact) mass is 269 g/mol. The van der Waals surface area contributed by atoms with E-state index in [0.29, 0.717) is 18.1 Å². The van der Waals surface area contributed by atoms with Gasteiger partial charge in [0.15, 0.2) is 11.5 Å². The van der Waals surface area contributed by atoms with E-state index in [0.717, 1.165) is 17.1 Å². The summed E-state index contributed by atoms with van der Waals surface area (Å²) in [7, 11) is 1.64. The third-order valence-electron chi connectivity index (χ3n) is 2.24. The average molecular weight is 270 g/mol. The van der Waals surface area contributed by atoms with E-state index in [1.54, 1.807) is 7.11 Å². The Morgan fingerprint density at radius 1 is 1.39 bits per heavy atom. The molecule has 0 saturated carbocycles. The zero-order chi connectivity index (χ0) is 13.5. The van der Waals surface area contributed by atoms with E-state index in [1.807, 2.05) is 32.0 Å². The molecular formula is C14H20ClNO2. The van der Waals surface area contributed by atoms with Crippen molar-refractivity contribution in [3.05, 3.63) is 35.4 Å². The van der Waals surface area contributed by atoms with Gasteiger partial charge >= 0.3 is 0 Å². The summed E-state index contributed by atoms with van der Waals surface area (Å²) < 4.78 is 11.0. The van der Waals surface area contributed by atoms with Gasteiger partial charge in [-0.2, -0.15) is 0 Å². The van der Waals surface area contributed by atoms with Crippen molar-refractivity contribution in [3.8, 4) is 11.5 Å². The highest BCUT2D eigenvalue weighted by Crippen LogP contribution is 2.28. The van der Waals surface area contributed by atoms with Crippen molar-refractivity contribution in [1.82, 2.24) is 5.32 Å². The number of methoxy groups -OCH3 is 1. The van der Waals surface area contributed by atoms with E-state index < -0.39 is 0 Å². The lowest BCUT2D eigenvalue weighted by Gasteiger charge is -2.14. The molecule has 1 rings (SSSR count). The molecular weight excluding hydrogens is 250 g/mol. The fourth-order valence-corrected chi connectivity index (χ4v) is 1.61. The lowest BCUT2D eigenvalue weighted by molar-refractivity contribution is 0.230. The molecule has 0 aliphatic carbocycles. The first-order valence-corrected chi connectivity index (χ1v) is 6.28. The van der Waals surface area contributed by atoms with Gasteiger partial charge in [-0.3, -0.25) is 0 Å². The highest BCUT2D eigenvalue weighted by molar-refractivity contribution is 6.29. The molecule has 0 unspecified atom stereocenters. The number of nitrogens with one attached hydrogen (secondary N) is 1. The molecule has 0 aliphatic heterocycles. The van der Waals surface area contributed by atoms with Crippen LogP contribution >= 0.6 is 11.6 Å². The van der Waals surface area contributed by atoms with Gasteiger partial charge in [0.1, 0.15) is 0 Å². The van der Waals surface area contributed by atoms with Gasteiger partial charge in [0.2, 0.25) is 0 Å². The van der Waals surface area contributed by atoms with Gasteiger partial charge < -0.3 is 14.8 Å². The average Bonchev–Trinajstić information content (AvgIpc) is 2.29. The van der Waals surface area contributed by atoms with E-state index >= 15 is 0 Å². The summed E-state index contributed by atoms with van der Waals surface area (Å²) in [4.78, 5) is 0. The second-order valence-corrected chi connectivity index (χ2v) is 4.81. The molecule has 4 heteroatoms. The van der Waals surface area contributed by atoms with Crippen LogP contribution < -0.4 is 14.8 Å². The quantitative estimate of drug-likeness (QED) is 0.824. The SMILES string of the molecule is C=C(Cl)CNCc1ccc(OC(C)C)c(OC)c1. The first-order chi connectivity index (χ1) is 8.52. The van der Waals surface area contributed by atoms with Crippen molar-refractivity contribution in [2.75, 3.05) is 13.7 Å². The molecule has 1 aromatic carbocycles. The van der Waals surface area contributed by atoms with E-state index in [2.05, 4.69) is 11.9 Å². The zero-order valence-corrected chi connectivity index (χ0v) is 11.9. The topological polar surface area (TPSA) is 30.5 Å². The number of benzene rings is 1. The maximum absolute atomic E-state index is 5.68. The lowest BCUT2D eigenvalue weighted by atomic mass is 10.2. The van der Waals surface area contributed by atoms with Crippen LogP contribution in [0.4, 0.5) is 0 Å². The molecule has 3 nitrogen and oxygen atoms in total. The van der Waals surface area contributed by atoms with Crippen LogP contribution in [0.5, 0.6) is 11.5 Å². The molecule has 1 N–H and O–H groups in total. The molecule has 0 atom stereocenters. The van der Waals surface area contributed by atoms with Crippen molar-refractivity contribution in [3.63, 3.8) is 0 Å². The molecule has 0 aromatic heterocycles. The normalized spacial score (nSPS) is 10.5. The molecule has 0 spiro atoms. The predicted molar refractivity (Wildman–Crippen MR) is 75.5 cm³/mol. The van der Waals surface area contributed by atoms with Gasteiger partial charge in [-0.1, -0.05) is 24.2 Å². The Bertz CT molecular complexity index is 405. The lowest BCUT2D eigenvalue weighted by Crippen LogP contribution is -2.14. The van der Waals surface area contributed by atoms with Crippen molar-refractivity contribution in [2.24, 2.45) is 0 Å². The standard InChI is InChI=1S/C14H20ClNO2/c1-10(2)18-13-6-5-12(7-14(13)17-4)9-16-8-11(3)15/h5-7,10,16H,3,8-9H2,1-2,4H3. The minimum absolute atomic E-state index is 0.127. The van der Waals surface area contributed by atoms with Crippen LogP contribution in [-0.4, -0.2) is 19.8 Å². The predicted octanol–water partition coefficient (Wildman–Crippen LogP) is 3.32. The van der Waals surface area contributed by atoms with Crippen LogP contribution in [0.3, 0.4) is 0 Å². The fourth-order valence-electron chi connectivity index (χ4n) is 1.52. The van der Waals surface area contributed by atoms with Crippen LogP contribution in [0, 0.1) is 0 Å². The Hall–Kier alpha value is -1.19. The van der Waals surface area contributed by atoms with Gasteiger partial charge in [-0.15, -0.1) is 0 Å². The molecule has 0 saturated heterocycles. The maximum Gasteiger partial charge on any atom is 0.161 e. The largest absolute Gasteiger partial charge is 0.493 e. The minimum atomic E-state index is 0.127. The highest BCUT2D eigenvalue weighted by atomic mass is 35.5. The highest BCUT2D eigenvalue weighted by Gasteiger charge is 2.07. The van der Waals surface area contributed by atoms with Gasteiger partial charge in [-0.25, -0.2) is 0 Å². The van der Waals surface area contributed by atoms with Crippen LogP contribution in [0.1, 0.15) is 19.4 Å². The van der Waals surface area contributed by atoms with Gasteiger partial charge in [0.25, 0.3) is 0 Å². The van der Waals surface area contributed by atoms with Crippen LogP contribution in [-0.2, 0) is 6.54 Å². The van der Waals surface area contributed by atoms with Crippen LogP contribution in [0.15, 0.2) is 29.8 Å². The molecule has 0 aliphatic rings. The van der Waals surface area contributed by atoms with Gasteiger partial charge in [-0.05, 0) is 31.5 Å². The molecule has 100 valence electrons. The number of hydrogen-bond donors (Lipinski definition) is 1. The summed E-state index contributed by atoms with van der Waals surface area (Å²) in [5, 5.41) is 3.78. The summed E-state index contributed by atoms with van der Waals surface area (Å²) >= 11 is 5.68. The molecule has 18 heavy (non-hydrogen) atoms. The zero-order valence-electron chi connectivity index (χ0n) is 11.1. The molecule has 0 radical (unpaired) electrons. The Kier molecular flexibility index (Phi) is 6.02. The number of ether oxygens (including phenoxy) is 2. The van der Waals surface area contributed by atoms with Crippen molar-refractivity contribution < 1.29 is 9.47 Å². The van der Waals surface area contributed by atoms with Crippen molar-refractivity contribution in [1.29, 1.82) is 0 Å². The van der Waals surface area contributed by atoms with E-state index in [-0.39, 0.29) is 6.10 Å². The second-order valence-electron chi connectivity index (χ2n) is 4.27. The molecule has 1 aromatic rings. The first-order valence-electron chi connectivity index (χ1n) is 5.90. The smallest absolute Gasteiger partial charge is 0.161 e. The van der Waals surface area contributed by atoms with Gasteiger partial charge in [0, 0.05) is 18.1 Å². The third kappa shape index (κ3) is 4.98. The molecule has 0 amide bonds. The minimum Gasteiger partial charge on any atom is -0.493 e. The van der Waals surface area contributed by atoms with E-state index in [1.165, 1.54) is 0 Å². The Labute approximate surface area is 114 Å². The van der Waals surface area contributed by atoms with Crippen LogP contribution in [0.25, 0.3) is 0 Å². The first kappa shape index (κ1) is 14.9.